The third-order valence-electron chi connectivity index (χ3n) is 13.7. The number of aryl methyl sites for hydroxylation is 2. The van der Waals surface area contributed by atoms with Gasteiger partial charge in [-0.3, -0.25) is 0 Å². The molecular formula is C59H62N4O2. The van der Waals surface area contributed by atoms with Gasteiger partial charge >= 0.3 is 0 Å². The quantitative estimate of drug-likeness (QED) is 0.0711. The van der Waals surface area contributed by atoms with E-state index in [2.05, 4.69) is 121 Å². The van der Waals surface area contributed by atoms with E-state index in [9.17, 15) is 0 Å². The molecule has 6 nitrogen and oxygen atoms in total. The van der Waals surface area contributed by atoms with Crippen molar-refractivity contribution in [2.24, 2.45) is 0 Å². The molecule has 65 heavy (non-hydrogen) atoms. The smallest absolute Gasteiger partial charge is 0.248 e. The summed E-state index contributed by atoms with van der Waals surface area (Å²) in [5, 5.41) is 17.5. The third kappa shape index (κ3) is 9.40. The van der Waals surface area contributed by atoms with Crippen LogP contribution in [0.1, 0.15) is 126 Å². The number of benzene rings is 6. The fourth-order valence-electron chi connectivity index (χ4n) is 10.2. The Morgan fingerprint density at radius 2 is 0.677 bits per heavy atom. The van der Waals surface area contributed by atoms with E-state index in [-0.39, 0.29) is 5.41 Å². The molecule has 1 aliphatic carbocycles. The number of fused-ring (bicyclic) bond motifs is 3. The van der Waals surface area contributed by atoms with E-state index in [0.29, 0.717) is 23.6 Å². The lowest BCUT2D eigenvalue weighted by atomic mass is 9.69. The van der Waals surface area contributed by atoms with Crippen molar-refractivity contribution in [2.75, 3.05) is 0 Å². The maximum absolute atomic E-state index is 6.15. The summed E-state index contributed by atoms with van der Waals surface area (Å²) in [4.78, 5) is 0. The number of hydrogen-bond acceptors (Lipinski definition) is 6. The summed E-state index contributed by atoms with van der Waals surface area (Å²) in [6, 6.07) is 47.5. The minimum absolute atomic E-state index is 0.0832. The van der Waals surface area contributed by atoms with Gasteiger partial charge in [-0.15, -0.1) is 20.4 Å². The average molecular weight is 859 g/mol. The van der Waals surface area contributed by atoms with Crippen molar-refractivity contribution in [1.29, 1.82) is 0 Å². The van der Waals surface area contributed by atoms with Crippen LogP contribution in [0.15, 0.2) is 142 Å². The monoisotopic (exact) mass is 858 g/mol. The highest BCUT2D eigenvalue weighted by atomic mass is 16.4. The molecule has 0 spiro atoms. The molecule has 2 heterocycles. The zero-order valence-electron chi connectivity index (χ0n) is 38.7. The fourth-order valence-corrected chi connectivity index (χ4v) is 10.2. The Labute approximate surface area is 385 Å². The van der Waals surface area contributed by atoms with Crippen molar-refractivity contribution >= 4 is 0 Å². The molecule has 0 aliphatic heterocycles. The Hall–Kier alpha value is -6.40. The van der Waals surface area contributed by atoms with E-state index >= 15 is 0 Å². The summed E-state index contributed by atoms with van der Waals surface area (Å²) in [6.45, 7) is 9.18. The summed E-state index contributed by atoms with van der Waals surface area (Å²) in [5.41, 5.74) is 17.0. The van der Waals surface area contributed by atoms with Crippen LogP contribution < -0.4 is 0 Å². The van der Waals surface area contributed by atoms with Crippen LogP contribution in [0.25, 0.3) is 79.2 Å². The normalized spacial score (nSPS) is 12.7. The van der Waals surface area contributed by atoms with Gasteiger partial charge in [0.05, 0.1) is 0 Å². The van der Waals surface area contributed by atoms with Crippen LogP contribution in [0.3, 0.4) is 0 Å². The standard InChI is InChI=1S/C59H62N4O2/c1-5-7-9-11-13-21-35-59(36-22-14-12-10-8-6-2)53-39-49(43-27-31-47(32-28-43)57-62-60-55(64-57)45-23-17-15-18-24-45)41(3)37-51(53)52-38-42(4)50(40-54(52)59)44-29-33-48(34-30-44)58-63-61-56(65-58)46-25-19-16-20-26-46/h15-20,23-34,37-40H,5-14,21-22,35-36H2,1-4H3. The predicted molar refractivity (Wildman–Crippen MR) is 266 cm³/mol. The maximum Gasteiger partial charge on any atom is 0.248 e. The second-order valence-corrected chi connectivity index (χ2v) is 18.3. The van der Waals surface area contributed by atoms with Gasteiger partial charge in [-0.05, 0) is 143 Å². The van der Waals surface area contributed by atoms with E-state index in [1.165, 1.54) is 133 Å². The number of rotatable bonds is 20. The van der Waals surface area contributed by atoms with Gasteiger partial charge in [0.2, 0.25) is 23.6 Å². The molecule has 330 valence electrons. The minimum Gasteiger partial charge on any atom is -0.416 e. The largest absolute Gasteiger partial charge is 0.416 e. The van der Waals surface area contributed by atoms with Crippen molar-refractivity contribution in [3.05, 3.63) is 156 Å². The Morgan fingerprint density at radius 1 is 0.354 bits per heavy atom. The average Bonchev–Trinajstić information content (AvgIpc) is 4.10. The molecule has 6 aromatic carbocycles. The van der Waals surface area contributed by atoms with E-state index in [0.717, 1.165) is 35.1 Å². The summed E-state index contributed by atoms with van der Waals surface area (Å²) in [6.07, 6.45) is 17.7. The van der Waals surface area contributed by atoms with Crippen molar-refractivity contribution in [1.82, 2.24) is 20.4 Å². The molecule has 0 N–H and O–H groups in total. The van der Waals surface area contributed by atoms with Gasteiger partial charge in [0.1, 0.15) is 0 Å². The first-order valence-electron chi connectivity index (χ1n) is 24.3. The van der Waals surface area contributed by atoms with Crippen LogP contribution in [0, 0.1) is 13.8 Å². The summed E-state index contributed by atoms with van der Waals surface area (Å²) in [5.74, 6) is 2.12. The van der Waals surface area contributed by atoms with Crippen molar-refractivity contribution in [3.63, 3.8) is 0 Å². The molecule has 0 atom stereocenters. The second-order valence-electron chi connectivity index (χ2n) is 18.3. The zero-order valence-corrected chi connectivity index (χ0v) is 38.7. The minimum atomic E-state index is -0.0832. The van der Waals surface area contributed by atoms with Gasteiger partial charge in [-0.25, -0.2) is 0 Å². The molecule has 0 saturated heterocycles. The van der Waals surface area contributed by atoms with E-state index in [1.807, 2.05) is 60.7 Å². The molecule has 1 aliphatic rings. The molecular weight excluding hydrogens is 797 g/mol. The molecule has 0 fully saturated rings. The lowest BCUT2D eigenvalue weighted by Crippen LogP contribution is -2.26. The molecule has 0 unspecified atom stereocenters. The molecule has 0 radical (unpaired) electrons. The molecule has 6 heteroatoms. The molecule has 8 aromatic rings. The molecule has 2 aromatic heterocycles. The first-order valence-corrected chi connectivity index (χ1v) is 24.3. The lowest BCUT2D eigenvalue weighted by molar-refractivity contribution is 0.398. The van der Waals surface area contributed by atoms with Gasteiger partial charge in [-0.1, -0.05) is 164 Å². The first kappa shape index (κ1) is 43.8. The van der Waals surface area contributed by atoms with Crippen molar-refractivity contribution < 1.29 is 8.83 Å². The van der Waals surface area contributed by atoms with E-state index in [1.54, 1.807) is 0 Å². The number of hydrogen-bond donors (Lipinski definition) is 0. The molecule has 0 amide bonds. The molecule has 0 bridgehead atoms. The first-order chi connectivity index (χ1) is 32.0. The van der Waals surface area contributed by atoms with Crippen LogP contribution >= 0.6 is 0 Å². The van der Waals surface area contributed by atoms with E-state index in [4.69, 9.17) is 8.83 Å². The highest BCUT2D eigenvalue weighted by Crippen LogP contribution is 2.57. The second kappa shape index (κ2) is 20.2. The van der Waals surface area contributed by atoms with Gasteiger partial charge in [0.15, 0.2) is 0 Å². The topological polar surface area (TPSA) is 77.8 Å². The Balaban J connectivity index is 1.08. The van der Waals surface area contributed by atoms with Crippen molar-refractivity contribution in [2.45, 2.75) is 123 Å². The Morgan fingerprint density at radius 3 is 1.05 bits per heavy atom. The SMILES string of the molecule is CCCCCCCCC1(CCCCCCCC)c2cc(-c3ccc(-c4nnc(-c5ccccc5)o4)cc3)c(C)cc2-c2cc(C)c(-c3ccc(-c4nnc(-c5ccccc5)o4)cc3)cc21. The fraction of sp³-hybridized carbons (Fsp3) is 0.322. The van der Waals surface area contributed by atoms with E-state index < -0.39 is 0 Å². The highest BCUT2D eigenvalue weighted by molar-refractivity contribution is 5.88. The third-order valence-corrected chi connectivity index (χ3v) is 13.7. The summed E-state index contributed by atoms with van der Waals surface area (Å²) < 4.78 is 12.3. The highest BCUT2D eigenvalue weighted by Gasteiger charge is 2.43. The van der Waals surface area contributed by atoms with Gasteiger partial charge in [-0.2, -0.15) is 0 Å². The number of aromatic nitrogens is 4. The van der Waals surface area contributed by atoms with Crippen molar-refractivity contribution in [3.8, 4) is 79.2 Å². The predicted octanol–water partition coefficient (Wildman–Crippen LogP) is 16.8. The maximum atomic E-state index is 6.15. The van der Waals surface area contributed by atoms with Crippen LogP contribution in [0.5, 0.6) is 0 Å². The Kier molecular flexibility index (Phi) is 13.6. The van der Waals surface area contributed by atoms with Gasteiger partial charge in [0, 0.05) is 27.7 Å². The summed E-state index contributed by atoms with van der Waals surface area (Å²) in [7, 11) is 0. The Bertz CT molecular complexity index is 2610. The lowest BCUT2D eigenvalue weighted by Gasteiger charge is -2.34. The van der Waals surface area contributed by atoms with Crippen LogP contribution in [0.2, 0.25) is 0 Å². The number of unbranched alkanes of at least 4 members (excludes halogenated alkanes) is 10. The number of nitrogens with zero attached hydrogens (tertiary/aromatic N) is 4. The van der Waals surface area contributed by atoms with Crippen LogP contribution in [-0.2, 0) is 5.41 Å². The van der Waals surface area contributed by atoms with Crippen LogP contribution in [0.4, 0.5) is 0 Å². The zero-order chi connectivity index (χ0) is 44.6. The van der Waals surface area contributed by atoms with Gasteiger partial charge < -0.3 is 8.83 Å². The molecule has 9 rings (SSSR count). The molecule has 0 saturated carbocycles. The van der Waals surface area contributed by atoms with Crippen LogP contribution in [-0.4, -0.2) is 20.4 Å². The summed E-state index contributed by atoms with van der Waals surface area (Å²) >= 11 is 0. The van der Waals surface area contributed by atoms with Gasteiger partial charge in [0.25, 0.3) is 0 Å².